The summed E-state index contributed by atoms with van der Waals surface area (Å²) in [7, 11) is 0. The van der Waals surface area contributed by atoms with Crippen LogP contribution in [0.25, 0.3) is 0 Å². The van der Waals surface area contributed by atoms with Gasteiger partial charge in [0.15, 0.2) is 0 Å². The van der Waals surface area contributed by atoms with Gasteiger partial charge >= 0.3 is 0 Å². The molecule has 1 heterocycles. The highest BCUT2D eigenvalue weighted by Crippen LogP contribution is 2.18. The van der Waals surface area contributed by atoms with E-state index in [9.17, 15) is 0 Å². The molecule has 0 aliphatic heterocycles. The molecule has 0 aliphatic rings. The van der Waals surface area contributed by atoms with E-state index in [2.05, 4.69) is 41.0 Å². The van der Waals surface area contributed by atoms with E-state index in [1.165, 1.54) is 6.33 Å². The molecule has 0 saturated carbocycles. The minimum absolute atomic E-state index is 0.600. The Balaban J connectivity index is 2.46. The number of hydrogen-bond acceptors (Lipinski definition) is 5. The SMILES string of the molecule is CCCc1c(N)ncnc1NCCCN(CC)CC. The molecule has 0 amide bonds. The summed E-state index contributed by atoms with van der Waals surface area (Å²) in [4.78, 5) is 10.8. The van der Waals surface area contributed by atoms with Gasteiger partial charge in [-0.2, -0.15) is 0 Å². The summed E-state index contributed by atoms with van der Waals surface area (Å²) < 4.78 is 0. The number of aromatic nitrogens is 2. The second kappa shape index (κ2) is 8.69. The third-order valence-corrected chi connectivity index (χ3v) is 3.32. The number of hydrogen-bond donors (Lipinski definition) is 2. The lowest BCUT2D eigenvalue weighted by molar-refractivity contribution is 0.303. The van der Waals surface area contributed by atoms with Gasteiger partial charge in [0.05, 0.1) is 0 Å². The van der Waals surface area contributed by atoms with Crippen LogP contribution in [0.4, 0.5) is 11.6 Å². The maximum Gasteiger partial charge on any atom is 0.134 e. The highest BCUT2D eigenvalue weighted by Gasteiger charge is 2.07. The minimum Gasteiger partial charge on any atom is -0.383 e. The van der Waals surface area contributed by atoms with Crippen molar-refractivity contribution >= 4 is 11.6 Å². The zero-order chi connectivity index (χ0) is 14.1. The van der Waals surface area contributed by atoms with Crippen LogP contribution in [0.1, 0.15) is 39.2 Å². The van der Waals surface area contributed by atoms with Crippen molar-refractivity contribution in [2.75, 3.05) is 37.2 Å². The molecule has 0 spiro atoms. The van der Waals surface area contributed by atoms with Crippen molar-refractivity contribution in [2.45, 2.75) is 40.0 Å². The third kappa shape index (κ3) is 5.03. The molecule has 19 heavy (non-hydrogen) atoms. The van der Waals surface area contributed by atoms with Gasteiger partial charge in [0, 0.05) is 12.1 Å². The Morgan fingerprint density at radius 3 is 2.58 bits per heavy atom. The van der Waals surface area contributed by atoms with E-state index in [4.69, 9.17) is 5.73 Å². The molecule has 0 bridgehead atoms. The standard InChI is InChI=1S/C14H27N5/c1-4-8-12-13(15)17-11-18-14(12)16-9-7-10-19(5-2)6-3/h11H,4-10H2,1-3H3,(H3,15,16,17,18). The van der Waals surface area contributed by atoms with Crippen molar-refractivity contribution in [3.8, 4) is 0 Å². The summed E-state index contributed by atoms with van der Waals surface area (Å²) in [5, 5.41) is 3.38. The summed E-state index contributed by atoms with van der Waals surface area (Å²) in [5.41, 5.74) is 6.95. The fourth-order valence-electron chi connectivity index (χ4n) is 2.12. The van der Waals surface area contributed by atoms with Crippen molar-refractivity contribution in [3.05, 3.63) is 11.9 Å². The maximum absolute atomic E-state index is 5.90. The summed E-state index contributed by atoms with van der Waals surface area (Å²) in [5.74, 6) is 1.50. The average Bonchev–Trinajstić information content (AvgIpc) is 2.42. The molecular formula is C14H27N5. The molecule has 1 rings (SSSR count). The van der Waals surface area contributed by atoms with Gasteiger partial charge in [-0.1, -0.05) is 27.2 Å². The van der Waals surface area contributed by atoms with Gasteiger partial charge < -0.3 is 16.0 Å². The first kappa shape index (κ1) is 15.7. The van der Waals surface area contributed by atoms with Gasteiger partial charge in [0.1, 0.15) is 18.0 Å². The Kier molecular flexibility index (Phi) is 7.18. The number of nitrogens with two attached hydrogens (primary N) is 1. The molecule has 0 atom stereocenters. The van der Waals surface area contributed by atoms with Crippen molar-refractivity contribution in [1.82, 2.24) is 14.9 Å². The van der Waals surface area contributed by atoms with Gasteiger partial charge in [0.25, 0.3) is 0 Å². The summed E-state index contributed by atoms with van der Waals surface area (Å²) in [6.07, 6.45) is 4.61. The van der Waals surface area contributed by atoms with Crippen LogP contribution in [0.5, 0.6) is 0 Å². The predicted molar refractivity (Wildman–Crippen MR) is 81.3 cm³/mol. The van der Waals surface area contributed by atoms with Crippen molar-refractivity contribution in [2.24, 2.45) is 0 Å². The first-order valence-corrected chi connectivity index (χ1v) is 7.28. The van der Waals surface area contributed by atoms with Crippen LogP contribution >= 0.6 is 0 Å². The lowest BCUT2D eigenvalue weighted by Gasteiger charge is -2.18. The molecule has 3 N–H and O–H groups in total. The van der Waals surface area contributed by atoms with Crippen molar-refractivity contribution in [1.29, 1.82) is 0 Å². The zero-order valence-corrected chi connectivity index (χ0v) is 12.4. The molecule has 0 saturated heterocycles. The number of nitrogens with zero attached hydrogens (tertiary/aromatic N) is 3. The van der Waals surface area contributed by atoms with E-state index in [1.54, 1.807) is 0 Å². The summed E-state index contributed by atoms with van der Waals surface area (Å²) in [6.45, 7) is 10.8. The molecule has 108 valence electrons. The van der Waals surface area contributed by atoms with Crippen LogP contribution in [-0.4, -0.2) is 41.0 Å². The quantitative estimate of drug-likeness (QED) is 0.670. The van der Waals surface area contributed by atoms with Gasteiger partial charge in [-0.25, -0.2) is 9.97 Å². The zero-order valence-electron chi connectivity index (χ0n) is 12.4. The first-order chi connectivity index (χ1) is 9.22. The molecule has 5 heteroatoms. The Morgan fingerprint density at radius 1 is 1.21 bits per heavy atom. The van der Waals surface area contributed by atoms with E-state index in [1.807, 2.05) is 0 Å². The monoisotopic (exact) mass is 265 g/mol. The van der Waals surface area contributed by atoms with Crippen LogP contribution in [0.2, 0.25) is 0 Å². The molecule has 0 radical (unpaired) electrons. The largest absolute Gasteiger partial charge is 0.383 e. The molecule has 1 aromatic rings. The minimum atomic E-state index is 0.600. The van der Waals surface area contributed by atoms with E-state index in [0.717, 1.165) is 56.8 Å². The van der Waals surface area contributed by atoms with Gasteiger partial charge in [-0.3, -0.25) is 0 Å². The lowest BCUT2D eigenvalue weighted by Crippen LogP contribution is -2.25. The molecule has 0 fully saturated rings. The number of nitrogens with one attached hydrogen (secondary N) is 1. The van der Waals surface area contributed by atoms with E-state index in [-0.39, 0.29) is 0 Å². The second-order valence-corrected chi connectivity index (χ2v) is 4.64. The van der Waals surface area contributed by atoms with Crippen LogP contribution < -0.4 is 11.1 Å². The Labute approximate surface area is 116 Å². The normalized spacial score (nSPS) is 10.9. The van der Waals surface area contributed by atoms with Gasteiger partial charge in [0.2, 0.25) is 0 Å². The molecular weight excluding hydrogens is 238 g/mol. The third-order valence-electron chi connectivity index (χ3n) is 3.32. The number of rotatable bonds is 9. The Hall–Kier alpha value is -1.36. The van der Waals surface area contributed by atoms with Crippen LogP contribution in [0, 0.1) is 0 Å². The second-order valence-electron chi connectivity index (χ2n) is 4.64. The van der Waals surface area contributed by atoms with Crippen LogP contribution in [0.15, 0.2) is 6.33 Å². The smallest absolute Gasteiger partial charge is 0.134 e. The number of anilines is 2. The van der Waals surface area contributed by atoms with E-state index >= 15 is 0 Å². The molecule has 0 unspecified atom stereocenters. The molecule has 0 aromatic carbocycles. The van der Waals surface area contributed by atoms with Crippen LogP contribution in [0.3, 0.4) is 0 Å². The molecule has 5 nitrogen and oxygen atoms in total. The fraction of sp³-hybridized carbons (Fsp3) is 0.714. The van der Waals surface area contributed by atoms with Crippen molar-refractivity contribution < 1.29 is 0 Å². The maximum atomic E-state index is 5.90. The van der Waals surface area contributed by atoms with E-state index < -0.39 is 0 Å². The Bertz CT molecular complexity index is 363. The van der Waals surface area contributed by atoms with Crippen molar-refractivity contribution in [3.63, 3.8) is 0 Å². The molecule has 0 aliphatic carbocycles. The first-order valence-electron chi connectivity index (χ1n) is 7.28. The van der Waals surface area contributed by atoms with Gasteiger partial charge in [-0.15, -0.1) is 0 Å². The molecule has 1 aromatic heterocycles. The Morgan fingerprint density at radius 2 is 1.95 bits per heavy atom. The summed E-state index contributed by atoms with van der Waals surface area (Å²) >= 11 is 0. The van der Waals surface area contributed by atoms with E-state index in [0.29, 0.717) is 5.82 Å². The highest BCUT2D eigenvalue weighted by molar-refractivity contribution is 5.54. The van der Waals surface area contributed by atoms with Gasteiger partial charge in [-0.05, 0) is 32.5 Å². The summed E-state index contributed by atoms with van der Waals surface area (Å²) in [6, 6.07) is 0. The highest BCUT2D eigenvalue weighted by atomic mass is 15.1. The predicted octanol–water partition coefficient (Wildman–Crippen LogP) is 2.16. The lowest BCUT2D eigenvalue weighted by atomic mass is 10.1. The fourth-order valence-corrected chi connectivity index (χ4v) is 2.12. The topological polar surface area (TPSA) is 67.1 Å². The van der Waals surface area contributed by atoms with Crippen LogP contribution in [-0.2, 0) is 6.42 Å². The average molecular weight is 265 g/mol. The number of nitrogen functional groups attached to an aromatic ring is 1.